The van der Waals surface area contributed by atoms with Crippen molar-refractivity contribution in [1.82, 2.24) is 5.32 Å². The number of aryl methyl sites for hydroxylation is 1. The Bertz CT molecular complexity index is 388. The summed E-state index contributed by atoms with van der Waals surface area (Å²) < 4.78 is 0. The smallest absolute Gasteiger partial charge is 0.0452 e. The number of hydrogen-bond acceptors (Lipinski definition) is 1. The van der Waals surface area contributed by atoms with Crippen molar-refractivity contribution in [3.8, 4) is 0 Å². The maximum Gasteiger partial charge on any atom is 0.0452 e. The van der Waals surface area contributed by atoms with Gasteiger partial charge in [-0.2, -0.15) is 0 Å². The Kier molecular flexibility index (Phi) is 5.35. The van der Waals surface area contributed by atoms with Gasteiger partial charge in [0.1, 0.15) is 0 Å². The summed E-state index contributed by atoms with van der Waals surface area (Å²) in [5.41, 5.74) is 1.21. The minimum absolute atomic E-state index is 0.713. The summed E-state index contributed by atoms with van der Waals surface area (Å²) in [6.45, 7) is 3.47. The van der Waals surface area contributed by atoms with Crippen LogP contribution >= 0.6 is 23.2 Å². The molecule has 3 heteroatoms. The van der Waals surface area contributed by atoms with E-state index < -0.39 is 0 Å². The normalized spacial score (nSPS) is 16.8. The van der Waals surface area contributed by atoms with Crippen LogP contribution in [0.15, 0.2) is 18.2 Å². The van der Waals surface area contributed by atoms with Gasteiger partial charge in [0, 0.05) is 16.1 Å². The zero-order valence-electron chi connectivity index (χ0n) is 10.9. The predicted molar refractivity (Wildman–Crippen MR) is 79.6 cm³/mol. The first kappa shape index (κ1) is 14.2. The molecule has 1 fully saturated rings. The van der Waals surface area contributed by atoms with Crippen molar-refractivity contribution < 1.29 is 0 Å². The van der Waals surface area contributed by atoms with E-state index in [4.69, 9.17) is 23.2 Å². The highest BCUT2D eigenvalue weighted by atomic mass is 35.5. The fraction of sp³-hybridized carbons (Fsp3) is 0.600. The molecule has 1 aromatic rings. The zero-order valence-corrected chi connectivity index (χ0v) is 12.4. The van der Waals surface area contributed by atoms with Crippen molar-refractivity contribution in [3.63, 3.8) is 0 Å². The average Bonchev–Trinajstić information content (AvgIpc) is 3.12. The molecule has 1 aliphatic carbocycles. The van der Waals surface area contributed by atoms with Crippen LogP contribution in [-0.2, 0) is 6.42 Å². The van der Waals surface area contributed by atoms with Gasteiger partial charge in [0.25, 0.3) is 0 Å². The van der Waals surface area contributed by atoms with Crippen molar-refractivity contribution in [2.24, 2.45) is 5.92 Å². The van der Waals surface area contributed by atoms with Crippen LogP contribution in [0.5, 0.6) is 0 Å². The lowest BCUT2D eigenvalue weighted by Gasteiger charge is -2.12. The highest BCUT2D eigenvalue weighted by Crippen LogP contribution is 2.24. The molecule has 0 bridgehead atoms. The lowest BCUT2D eigenvalue weighted by Crippen LogP contribution is -2.19. The molecule has 1 nitrogen and oxygen atoms in total. The highest BCUT2D eigenvalue weighted by Gasteiger charge is 2.19. The molecule has 1 saturated carbocycles. The highest BCUT2D eigenvalue weighted by molar-refractivity contribution is 6.35. The summed E-state index contributed by atoms with van der Waals surface area (Å²) in [5, 5.41) is 5.07. The third-order valence-corrected chi connectivity index (χ3v) is 4.16. The molecule has 1 aliphatic rings. The average molecular weight is 286 g/mol. The van der Waals surface area contributed by atoms with Gasteiger partial charge in [0.05, 0.1) is 0 Å². The third kappa shape index (κ3) is 4.79. The van der Waals surface area contributed by atoms with Crippen LogP contribution in [0.2, 0.25) is 10.0 Å². The fourth-order valence-corrected chi connectivity index (χ4v) is 2.59. The standard InChI is InChI=1S/C15H21Cl2N/c1-11(8-9-18-14-6-7-14)2-3-12-4-5-13(16)10-15(12)17/h4-5,10-11,14,18H,2-3,6-9H2,1H3. The molecule has 0 radical (unpaired) electrons. The summed E-state index contributed by atoms with van der Waals surface area (Å²) in [7, 11) is 0. The van der Waals surface area contributed by atoms with Crippen molar-refractivity contribution in [2.45, 2.75) is 45.1 Å². The van der Waals surface area contributed by atoms with Gasteiger partial charge in [-0.3, -0.25) is 0 Å². The van der Waals surface area contributed by atoms with E-state index >= 15 is 0 Å². The molecular weight excluding hydrogens is 265 g/mol. The van der Waals surface area contributed by atoms with E-state index in [-0.39, 0.29) is 0 Å². The summed E-state index contributed by atoms with van der Waals surface area (Å²) in [5.74, 6) is 0.739. The van der Waals surface area contributed by atoms with Crippen LogP contribution in [-0.4, -0.2) is 12.6 Å². The fourth-order valence-electron chi connectivity index (χ4n) is 2.09. The Morgan fingerprint density at radius 1 is 1.28 bits per heavy atom. The number of benzene rings is 1. The summed E-state index contributed by atoms with van der Waals surface area (Å²) in [4.78, 5) is 0. The Balaban J connectivity index is 1.68. The Morgan fingerprint density at radius 3 is 2.72 bits per heavy atom. The maximum absolute atomic E-state index is 6.17. The molecule has 100 valence electrons. The van der Waals surface area contributed by atoms with Gasteiger partial charge in [-0.1, -0.05) is 36.2 Å². The van der Waals surface area contributed by atoms with Crippen molar-refractivity contribution in [3.05, 3.63) is 33.8 Å². The van der Waals surface area contributed by atoms with Gasteiger partial charge in [0.15, 0.2) is 0 Å². The van der Waals surface area contributed by atoms with Gasteiger partial charge in [-0.15, -0.1) is 0 Å². The van der Waals surface area contributed by atoms with Crippen LogP contribution in [0.1, 0.15) is 38.2 Å². The summed E-state index contributed by atoms with van der Waals surface area (Å²) >= 11 is 12.1. The van der Waals surface area contributed by atoms with Gasteiger partial charge < -0.3 is 5.32 Å². The SMILES string of the molecule is CC(CCNC1CC1)CCc1ccc(Cl)cc1Cl. The number of hydrogen-bond donors (Lipinski definition) is 1. The third-order valence-electron chi connectivity index (χ3n) is 3.57. The zero-order chi connectivity index (χ0) is 13.0. The van der Waals surface area contributed by atoms with Crippen LogP contribution in [0.25, 0.3) is 0 Å². The molecule has 2 rings (SSSR count). The minimum Gasteiger partial charge on any atom is -0.314 e. The van der Waals surface area contributed by atoms with Crippen LogP contribution in [0, 0.1) is 5.92 Å². The molecule has 0 amide bonds. The van der Waals surface area contributed by atoms with E-state index in [2.05, 4.69) is 12.2 Å². The summed E-state index contributed by atoms with van der Waals surface area (Å²) in [6.07, 6.45) is 6.22. The molecule has 1 unspecified atom stereocenters. The molecule has 1 N–H and O–H groups in total. The number of halogens is 2. The Labute approximate surface area is 120 Å². The topological polar surface area (TPSA) is 12.0 Å². The number of nitrogens with one attached hydrogen (secondary N) is 1. The van der Waals surface area contributed by atoms with E-state index in [0.29, 0.717) is 5.02 Å². The van der Waals surface area contributed by atoms with E-state index in [9.17, 15) is 0 Å². The molecule has 0 heterocycles. The number of rotatable bonds is 7. The second-order valence-corrected chi connectivity index (χ2v) is 6.24. The molecule has 0 aromatic heterocycles. The molecular formula is C15H21Cl2N. The molecule has 0 spiro atoms. The summed E-state index contributed by atoms with van der Waals surface area (Å²) in [6, 6.07) is 6.61. The lowest BCUT2D eigenvalue weighted by molar-refractivity contribution is 0.469. The minimum atomic E-state index is 0.713. The largest absolute Gasteiger partial charge is 0.314 e. The molecule has 1 aromatic carbocycles. The van der Waals surface area contributed by atoms with E-state index in [0.717, 1.165) is 29.9 Å². The lowest BCUT2D eigenvalue weighted by atomic mass is 9.98. The Hall–Kier alpha value is -0.240. The van der Waals surface area contributed by atoms with Crippen LogP contribution < -0.4 is 5.32 Å². The first-order valence-electron chi connectivity index (χ1n) is 6.82. The monoisotopic (exact) mass is 285 g/mol. The Morgan fingerprint density at radius 2 is 2.06 bits per heavy atom. The van der Waals surface area contributed by atoms with Crippen molar-refractivity contribution in [1.29, 1.82) is 0 Å². The van der Waals surface area contributed by atoms with Crippen LogP contribution in [0.3, 0.4) is 0 Å². The van der Waals surface area contributed by atoms with E-state index in [1.807, 2.05) is 18.2 Å². The van der Waals surface area contributed by atoms with Gasteiger partial charge in [0.2, 0.25) is 0 Å². The van der Waals surface area contributed by atoms with E-state index in [1.165, 1.54) is 31.2 Å². The second kappa shape index (κ2) is 6.79. The molecule has 0 saturated heterocycles. The maximum atomic E-state index is 6.17. The molecule has 18 heavy (non-hydrogen) atoms. The van der Waals surface area contributed by atoms with Crippen molar-refractivity contribution >= 4 is 23.2 Å². The van der Waals surface area contributed by atoms with E-state index in [1.54, 1.807) is 0 Å². The molecule has 1 atom stereocenters. The van der Waals surface area contributed by atoms with Gasteiger partial charge in [-0.05, 0) is 62.3 Å². The first-order chi connectivity index (χ1) is 8.65. The first-order valence-corrected chi connectivity index (χ1v) is 7.58. The quantitative estimate of drug-likeness (QED) is 0.765. The second-order valence-electron chi connectivity index (χ2n) is 5.40. The predicted octanol–water partition coefficient (Wildman–Crippen LogP) is 4.70. The van der Waals surface area contributed by atoms with Gasteiger partial charge in [-0.25, -0.2) is 0 Å². The molecule has 0 aliphatic heterocycles. The van der Waals surface area contributed by atoms with Gasteiger partial charge >= 0.3 is 0 Å². The van der Waals surface area contributed by atoms with Crippen LogP contribution in [0.4, 0.5) is 0 Å². The van der Waals surface area contributed by atoms with Crippen molar-refractivity contribution in [2.75, 3.05) is 6.54 Å².